The van der Waals surface area contributed by atoms with Crippen LogP contribution in [0.25, 0.3) is 0 Å². The van der Waals surface area contributed by atoms with Gasteiger partial charge in [0.1, 0.15) is 0 Å². The lowest BCUT2D eigenvalue weighted by Crippen LogP contribution is -2.29. The van der Waals surface area contributed by atoms with Crippen LogP contribution in [0.15, 0.2) is 23.1 Å². The fourth-order valence-electron chi connectivity index (χ4n) is 2.47. The van der Waals surface area contributed by atoms with Crippen LogP contribution in [0.1, 0.15) is 44.2 Å². The lowest BCUT2D eigenvalue weighted by atomic mass is 10.1. The molecule has 1 aromatic rings. The molecule has 118 valence electrons. The number of benzene rings is 1. The number of aryl methyl sites for hydroxylation is 1. The average molecular weight is 310 g/mol. The normalized spacial score (nSPS) is 15.6. The molecule has 0 spiro atoms. The van der Waals surface area contributed by atoms with E-state index in [0.29, 0.717) is 4.90 Å². The molecule has 0 aliphatic heterocycles. The summed E-state index contributed by atoms with van der Waals surface area (Å²) in [6, 6.07) is 5.74. The molecule has 0 aromatic heterocycles. The second-order valence-corrected chi connectivity index (χ2v) is 7.71. The maximum absolute atomic E-state index is 12.6. The smallest absolute Gasteiger partial charge is 0.243 e. The minimum atomic E-state index is -3.35. The van der Waals surface area contributed by atoms with Crippen molar-refractivity contribution in [1.29, 1.82) is 0 Å². The first-order valence-corrected chi connectivity index (χ1v) is 9.25. The Morgan fingerprint density at radius 2 is 1.95 bits per heavy atom. The van der Waals surface area contributed by atoms with E-state index in [1.54, 1.807) is 13.1 Å². The van der Waals surface area contributed by atoms with Gasteiger partial charge in [-0.3, -0.25) is 0 Å². The van der Waals surface area contributed by atoms with Crippen molar-refractivity contribution in [3.05, 3.63) is 29.3 Å². The number of hydrogen-bond donors (Lipinski definition) is 1. The van der Waals surface area contributed by atoms with Gasteiger partial charge in [0.15, 0.2) is 0 Å². The lowest BCUT2D eigenvalue weighted by molar-refractivity contribution is 0.464. The minimum absolute atomic E-state index is 0.197. The summed E-state index contributed by atoms with van der Waals surface area (Å²) in [5.74, 6) is 0. The van der Waals surface area contributed by atoms with Gasteiger partial charge in [-0.1, -0.05) is 19.9 Å². The summed E-state index contributed by atoms with van der Waals surface area (Å²) in [6.07, 6.45) is 3.95. The second kappa shape index (κ2) is 6.90. The van der Waals surface area contributed by atoms with Crippen molar-refractivity contribution < 1.29 is 8.42 Å². The summed E-state index contributed by atoms with van der Waals surface area (Å²) in [6.45, 7) is 5.90. The van der Waals surface area contributed by atoms with Gasteiger partial charge in [-0.05, 0) is 55.5 Å². The molecule has 4 nitrogen and oxygen atoms in total. The highest BCUT2D eigenvalue weighted by molar-refractivity contribution is 7.89. The molecule has 0 radical (unpaired) electrons. The highest BCUT2D eigenvalue weighted by atomic mass is 32.2. The van der Waals surface area contributed by atoms with Crippen molar-refractivity contribution in [3.63, 3.8) is 0 Å². The molecule has 1 aromatic carbocycles. The molecule has 21 heavy (non-hydrogen) atoms. The maximum atomic E-state index is 12.6. The topological polar surface area (TPSA) is 49.4 Å². The van der Waals surface area contributed by atoms with E-state index >= 15 is 0 Å². The largest absolute Gasteiger partial charge is 0.313 e. The monoisotopic (exact) mass is 310 g/mol. The van der Waals surface area contributed by atoms with Crippen LogP contribution < -0.4 is 5.32 Å². The molecule has 1 aliphatic carbocycles. The van der Waals surface area contributed by atoms with Crippen molar-refractivity contribution in [3.8, 4) is 0 Å². The molecule has 0 heterocycles. The summed E-state index contributed by atoms with van der Waals surface area (Å²) in [7, 11) is -1.66. The van der Waals surface area contributed by atoms with E-state index in [-0.39, 0.29) is 6.04 Å². The molecule has 1 saturated carbocycles. The molecule has 0 atom stereocenters. The quantitative estimate of drug-likeness (QED) is 0.751. The fourth-order valence-corrected chi connectivity index (χ4v) is 3.94. The Morgan fingerprint density at radius 3 is 2.52 bits per heavy atom. The van der Waals surface area contributed by atoms with Gasteiger partial charge in [-0.15, -0.1) is 0 Å². The third kappa shape index (κ3) is 3.84. The van der Waals surface area contributed by atoms with Gasteiger partial charge in [0, 0.05) is 19.6 Å². The van der Waals surface area contributed by atoms with E-state index in [2.05, 4.69) is 19.2 Å². The zero-order valence-electron chi connectivity index (χ0n) is 13.2. The number of nitrogens with zero attached hydrogens (tertiary/aromatic N) is 1. The average Bonchev–Trinajstić information content (AvgIpc) is 3.31. The second-order valence-electron chi connectivity index (χ2n) is 5.71. The number of nitrogens with one attached hydrogen (secondary N) is 1. The van der Waals surface area contributed by atoms with Gasteiger partial charge in [0.25, 0.3) is 0 Å². The highest BCUT2D eigenvalue weighted by Gasteiger charge is 2.35. The lowest BCUT2D eigenvalue weighted by Gasteiger charge is -2.18. The molecule has 0 unspecified atom stereocenters. The van der Waals surface area contributed by atoms with Crippen molar-refractivity contribution in [2.45, 2.75) is 57.0 Å². The third-order valence-electron chi connectivity index (χ3n) is 4.04. The molecule has 1 N–H and O–H groups in total. The van der Waals surface area contributed by atoms with Gasteiger partial charge in [0.05, 0.1) is 4.90 Å². The van der Waals surface area contributed by atoms with Crippen LogP contribution in [-0.2, 0) is 23.0 Å². The molecule has 0 saturated heterocycles. The molecule has 1 aliphatic rings. The predicted molar refractivity (Wildman–Crippen MR) is 85.8 cm³/mol. The summed E-state index contributed by atoms with van der Waals surface area (Å²) in [5.41, 5.74) is 2.31. The van der Waals surface area contributed by atoms with Crippen molar-refractivity contribution >= 4 is 10.0 Å². The summed E-state index contributed by atoms with van der Waals surface area (Å²) >= 11 is 0. The van der Waals surface area contributed by atoms with Crippen LogP contribution in [0.3, 0.4) is 0 Å². The zero-order valence-corrected chi connectivity index (χ0v) is 14.0. The first-order valence-electron chi connectivity index (χ1n) is 7.81. The molecule has 0 bridgehead atoms. The van der Waals surface area contributed by atoms with E-state index in [1.165, 1.54) is 9.87 Å². The van der Waals surface area contributed by atoms with Gasteiger partial charge in [-0.25, -0.2) is 8.42 Å². The first kappa shape index (κ1) is 16.5. The van der Waals surface area contributed by atoms with Crippen LogP contribution in [0, 0.1) is 0 Å². The van der Waals surface area contributed by atoms with E-state index in [9.17, 15) is 8.42 Å². The minimum Gasteiger partial charge on any atom is -0.313 e. The van der Waals surface area contributed by atoms with Gasteiger partial charge in [0.2, 0.25) is 10.0 Å². The van der Waals surface area contributed by atoms with Gasteiger partial charge >= 0.3 is 0 Å². The Hall–Kier alpha value is -0.910. The standard InChI is InChI=1S/C16H26N2O2S/c1-4-10-17-12-14-11-16(9-6-13(14)5-2)21(19,20)18(3)15-7-8-15/h6,9,11,15,17H,4-5,7-8,10,12H2,1-3H3. The fraction of sp³-hybridized carbons (Fsp3) is 0.625. The third-order valence-corrected chi connectivity index (χ3v) is 5.94. The SMILES string of the molecule is CCCNCc1cc(S(=O)(=O)N(C)C2CC2)ccc1CC. The van der Waals surface area contributed by atoms with Crippen LogP contribution in [-0.4, -0.2) is 32.4 Å². The zero-order chi connectivity index (χ0) is 15.5. The molecule has 0 amide bonds. The van der Waals surface area contributed by atoms with Gasteiger partial charge in [-0.2, -0.15) is 4.31 Å². The van der Waals surface area contributed by atoms with E-state index in [1.807, 2.05) is 12.1 Å². The Balaban J connectivity index is 2.25. The summed E-state index contributed by atoms with van der Waals surface area (Å²) < 4.78 is 26.7. The van der Waals surface area contributed by atoms with Gasteiger partial charge < -0.3 is 5.32 Å². The molecular weight excluding hydrogens is 284 g/mol. The Kier molecular flexibility index (Phi) is 5.41. The molecule has 2 rings (SSSR count). The van der Waals surface area contributed by atoms with E-state index in [0.717, 1.165) is 44.3 Å². The summed E-state index contributed by atoms with van der Waals surface area (Å²) in [4.78, 5) is 0.419. The Labute approximate surface area is 128 Å². The van der Waals surface area contributed by atoms with Crippen molar-refractivity contribution in [2.24, 2.45) is 0 Å². The number of hydrogen-bond acceptors (Lipinski definition) is 3. The number of rotatable bonds is 8. The molecular formula is C16H26N2O2S. The molecule has 5 heteroatoms. The van der Waals surface area contributed by atoms with Crippen LogP contribution in [0.2, 0.25) is 0 Å². The van der Waals surface area contributed by atoms with Crippen LogP contribution in [0.4, 0.5) is 0 Å². The Morgan fingerprint density at radius 1 is 1.24 bits per heavy atom. The Bertz CT molecular complexity index is 580. The van der Waals surface area contributed by atoms with E-state index < -0.39 is 10.0 Å². The van der Waals surface area contributed by atoms with Crippen LogP contribution in [0.5, 0.6) is 0 Å². The highest BCUT2D eigenvalue weighted by Crippen LogP contribution is 2.31. The van der Waals surface area contributed by atoms with E-state index in [4.69, 9.17) is 0 Å². The maximum Gasteiger partial charge on any atom is 0.243 e. The number of sulfonamides is 1. The van der Waals surface area contributed by atoms with Crippen LogP contribution >= 0.6 is 0 Å². The van der Waals surface area contributed by atoms with Crippen molar-refractivity contribution in [1.82, 2.24) is 9.62 Å². The first-order chi connectivity index (χ1) is 10.0. The summed E-state index contributed by atoms with van der Waals surface area (Å²) in [5, 5.41) is 3.36. The predicted octanol–water partition coefficient (Wildman–Crippen LogP) is 2.53. The van der Waals surface area contributed by atoms with Crippen molar-refractivity contribution in [2.75, 3.05) is 13.6 Å². The molecule has 1 fully saturated rings.